The molecule has 0 saturated heterocycles. The molecule has 0 radical (unpaired) electrons. The monoisotopic (exact) mass is 424 g/mol. The van der Waals surface area contributed by atoms with Crippen molar-refractivity contribution in [2.24, 2.45) is 0 Å². The number of hydrogen-bond donors (Lipinski definition) is 0. The molecule has 1 unspecified atom stereocenters. The van der Waals surface area contributed by atoms with Crippen LogP contribution in [-0.2, 0) is 0 Å². The molecular weight excluding hydrogens is 404 g/mol. The van der Waals surface area contributed by atoms with E-state index in [9.17, 15) is 0 Å². The van der Waals surface area contributed by atoms with Crippen molar-refractivity contribution in [2.45, 2.75) is 5.79 Å². The lowest BCUT2D eigenvalue weighted by Gasteiger charge is -2.40. The molecule has 33 heavy (non-hydrogen) atoms. The van der Waals surface area contributed by atoms with E-state index in [2.05, 4.69) is 109 Å². The fourth-order valence-corrected chi connectivity index (χ4v) is 4.94. The van der Waals surface area contributed by atoms with Crippen LogP contribution in [0.2, 0.25) is 0 Å². The summed E-state index contributed by atoms with van der Waals surface area (Å²) in [6, 6.07) is 35.5. The van der Waals surface area contributed by atoms with Crippen LogP contribution in [0.15, 0.2) is 109 Å². The zero-order valence-corrected chi connectivity index (χ0v) is 17.9. The van der Waals surface area contributed by atoms with Crippen molar-refractivity contribution in [3.63, 3.8) is 0 Å². The van der Waals surface area contributed by atoms with Gasteiger partial charge in [0.2, 0.25) is 0 Å². The lowest BCUT2D eigenvalue weighted by atomic mass is 9.89. The molecule has 5 aromatic carbocycles. The van der Waals surface area contributed by atoms with E-state index in [1.165, 1.54) is 0 Å². The van der Waals surface area contributed by atoms with E-state index >= 15 is 0 Å². The maximum absolute atomic E-state index is 6.87. The molecule has 5 aromatic rings. The van der Waals surface area contributed by atoms with Crippen molar-refractivity contribution >= 4 is 39.3 Å². The Morgan fingerprint density at radius 1 is 0.515 bits per heavy atom. The first-order chi connectivity index (χ1) is 16.3. The molecule has 2 heteroatoms. The molecule has 156 valence electrons. The fraction of sp³-hybridized carbons (Fsp3) is 0.0323. The highest BCUT2D eigenvalue weighted by Gasteiger charge is 2.44. The molecular formula is C31H20O2. The molecule has 1 spiro atoms. The van der Waals surface area contributed by atoms with Gasteiger partial charge in [0.1, 0.15) is 11.5 Å². The van der Waals surface area contributed by atoms with Crippen molar-refractivity contribution in [3.8, 4) is 11.5 Å². The molecule has 0 fully saturated rings. The second-order valence-corrected chi connectivity index (χ2v) is 8.54. The molecule has 2 nitrogen and oxygen atoms in total. The van der Waals surface area contributed by atoms with Gasteiger partial charge in [-0.05, 0) is 28.5 Å². The molecule has 2 aliphatic heterocycles. The molecule has 0 aliphatic carbocycles. The lowest BCUT2D eigenvalue weighted by molar-refractivity contribution is -0.0188. The minimum atomic E-state index is -1.06. The van der Waals surface area contributed by atoms with Crippen molar-refractivity contribution in [2.75, 3.05) is 0 Å². The summed E-state index contributed by atoms with van der Waals surface area (Å²) in [5.41, 5.74) is 4.17. The summed E-state index contributed by atoms with van der Waals surface area (Å²) >= 11 is 0. The zero-order chi connectivity index (χ0) is 21.8. The largest absolute Gasteiger partial charge is 0.443 e. The summed E-state index contributed by atoms with van der Waals surface area (Å²) < 4.78 is 13.7. The van der Waals surface area contributed by atoms with E-state index in [0.717, 1.165) is 55.3 Å². The minimum Gasteiger partial charge on any atom is -0.443 e. The first kappa shape index (κ1) is 18.3. The first-order valence-electron chi connectivity index (χ1n) is 11.2. The van der Waals surface area contributed by atoms with E-state index in [1.54, 1.807) is 0 Å². The van der Waals surface area contributed by atoms with Crippen molar-refractivity contribution in [3.05, 3.63) is 126 Å². The second-order valence-electron chi connectivity index (χ2n) is 8.54. The van der Waals surface area contributed by atoms with Gasteiger partial charge >= 0.3 is 0 Å². The molecule has 0 bridgehead atoms. The highest BCUT2D eigenvalue weighted by Crippen LogP contribution is 2.49. The minimum absolute atomic E-state index is 0.848. The molecule has 7 rings (SSSR count). The Morgan fingerprint density at radius 3 is 1.79 bits per heavy atom. The van der Waals surface area contributed by atoms with Crippen LogP contribution in [-0.4, -0.2) is 5.79 Å². The highest BCUT2D eigenvalue weighted by molar-refractivity contribution is 6.00. The van der Waals surface area contributed by atoms with Gasteiger partial charge in [-0.25, -0.2) is 0 Å². The Bertz CT molecular complexity index is 1610. The van der Waals surface area contributed by atoms with Crippen molar-refractivity contribution in [1.82, 2.24) is 0 Å². The van der Waals surface area contributed by atoms with Crippen LogP contribution in [0.1, 0.15) is 16.7 Å². The molecule has 2 heterocycles. The molecule has 0 aromatic heterocycles. The second kappa shape index (κ2) is 6.85. The van der Waals surface area contributed by atoms with Gasteiger partial charge in [-0.15, -0.1) is 0 Å². The van der Waals surface area contributed by atoms with Crippen LogP contribution < -0.4 is 9.47 Å². The third-order valence-electron chi connectivity index (χ3n) is 6.57. The predicted molar refractivity (Wildman–Crippen MR) is 135 cm³/mol. The fourth-order valence-electron chi connectivity index (χ4n) is 4.94. The van der Waals surface area contributed by atoms with Gasteiger partial charge in [-0.2, -0.15) is 0 Å². The third-order valence-corrected chi connectivity index (χ3v) is 6.57. The summed E-state index contributed by atoms with van der Waals surface area (Å²) in [4.78, 5) is 0. The van der Waals surface area contributed by atoms with Crippen LogP contribution in [0.5, 0.6) is 11.5 Å². The SMILES string of the molecule is C1=CC2(Oc3c1ccc1ccccc31)Oc1c(ccc3ccccc13)C=C2c1ccccc1. The lowest BCUT2D eigenvalue weighted by Crippen LogP contribution is -2.44. The van der Waals surface area contributed by atoms with Gasteiger partial charge in [0.05, 0.1) is 0 Å². The van der Waals surface area contributed by atoms with E-state index in [-0.39, 0.29) is 0 Å². The van der Waals surface area contributed by atoms with Gasteiger partial charge in [0.25, 0.3) is 5.79 Å². The maximum atomic E-state index is 6.87. The molecule has 2 aliphatic rings. The Morgan fingerprint density at radius 2 is 1.09 bits per heavy atom. The number of hydrogen-bond acceptors (Lipinski definition) is 2. The maximum Gasteiger partial charge on any atom is 0.299 e. The van der Waals surface area contributed by atoms with E-state index in [1.807, 2.05) is 12.1 Å². The average Bonchev–Trinajstić information content (AvgIpc) is 2.89. The van der Waals surface area contributed by atoms with E-state index in [0.29, 0.717) is 0 Å². The third kappa shape index (κ3) is 2.74. The summed E-state index contributed by atoms with van der Waals surface area (Å²) in [6.07, 6.45) is 6.38. The quantitative estimate of drug-likeness (QED) is 0.274. The molecule has 0 N–H and O–H groups in total. The summed E-state index contributed by atoms with van der Waals surface area (Å²) in [6.45, 7) is 0. The summed E-state index contributed by atoms with van der Waals surface area (Å²) in [5, 5.41) is 4.46. The van der Waals surface area contributed by atoms with Gasteiger partial charge in [-0.1, -0.05) is 103 Å². The van der Waals surface area contributed by atoms with Gasteiger partial charge in [0, 0.05) is 33.5 Å². The van der Waals surface area contributed by atoms with Crippen LogP contribution in [0.4, 0.5) is 0 Å². The average molecular weight is 424 g/mol. The summed E-state index contributed by atoms with van der Waals surface area (Å²) in [5.74, 6) is 0.637. The Kier molecular flexibility index (Phi) is 3.80. The number of benzene rings is 5. The van der Waals surface area contributed by atoms with Crippen LogP contribution >= 0.6 is 0 Å². The number of fused-ring (bicyclic) bond motifs is 6. The van der Waals surface area contributed by atoms with Gasteiger partial charge < -0.3 is 9.47 Å². The topological polar surface area (TPSA) is 18.5 Å². The standard InChI is InChI=1S/C31H20O2/c1-2-10-23(11-3-1)28-20-25-17-15-22-9-5-7-13-27(22)30(25)33-31(28)19-18-24-16-14-21-8-4-6-12-26(21)29(24)32-31/h1-20H. The smallest absolute Gasteiger partial charge is 0.299 e. The van der Waals surface area contributed by atoms with Crippen molar-refractivity contribution in [1.29, 1.82) is 0 Å². The van der Waals surface area contributed by atoms with E-state index < -0.39 is 5.79 Å². The summed E-state index contributed by atoms with van der Waals surface area (Å²) in [7, 11) is 0. The highest BCUT2D eigenvalue weighted by atomic mass is 16.7. The first-order valence-corrected chi connectivity index (χ1v) is 11.2. The van der Waals surface area contributed by atoms with Crippen LogP contribution in [0.25, 0.3) is 39.3 Å². The molecule has 0 saturated carbocycles. The van der Waals surface area contributed by atoms with Crippen molar-refractivity contribution < 1.29 is 9.47 Å². The normalized spacial score (nSPS) is 18.4. The molecule has 1 atom stereocenters. The Hall–Kier alpha value is -4.30. The Labute approximate surface area is 192 Å². The number of rotatable bonds is 1. The van der Waals surface area contributed by atoms with E-state index in [4.69, 9.17) is 9.47 Å². The van der Waals surface area contributed by atoms with Gasteiger partial charge in [0.15, 0.2) is 0 Å². The van der Waals surface area contributed by atoms with Crippen LogP contribution in [0, 0.1) is 0 Å². The zero-order valence-electron chi connectivity index (χ0n) is 17.9. The molecule has 0 amide bonds. The van der Waals surface area contributed by atoms with Crippen LogP contribution in [0.3, 0.4) is 0 Å². The predicted octanol–water partition coefficient (Wildman–Crippen LogP) is 7.73. The number of ether oxygens (including phenoxy) is 2. The Balaban J connectivity index is 1.50. The van der Waals surface area contributed by atoms with Gasteiger partial charge in [-0.3, -0.25) is 0 Å².